The van der Waals surface area contributed by atoms with Gasteiger partial charge in [0.15, 0.2) is 5.65 Å². The second-order valence-electron chi connectivity index (χ2n) is 5.37. The van der Waals surface area contributed by atoms with Crippen LogP contribution in [0.25, 0.3) is 11.2 Å². The molecule has 1 aliphatic heterocycles. The minimum absolute atomic E-state index is 0.600. The second kappa shape index (κ2) is 6.99. The van der Waals surface area contributed by atoms with E-state index in [0.717, 1.165) is 36.5 Å². The fraction of sp³-hybridized carbons (Fsp3) is 0.600. The quantitative estimate of drug-likeness (QED) is 0.792. The summed E-state index contributed by atoms with van der Waals surface area (Å²) in [7, 11) is 0. The van der Waals surface area contributed by atoms with Crippen molar-refractivity contribution in [2.24, 2.45) is 0 Å². The maximum Gasteiger partial charge on any atom is 0.160 e. The number of alkyl halides is 1. The number of halogens is 1. The largest absolute Gasteiger partial charge is 0.311 e. The van der Waals surface area contributed by atoms with Gasteiger partial charge in [-0.3, -0.25) is 4.90 Å². The van der Waals surface area contributed by atoms with Crippen molar-refractivity contribution in [2.75, 3.05) is 37.0 Å². The zero-order chi connectivity index (χ0) is 14.7. The molecule has 0 aromatic carbocycles. The summed E-state index contributed by atoms with van der Waals surface area (Å²) in [5.41, 5.74) is 3.21. The molecule has 0 bridgehead atoms. The molecule has 1 aliphatic rings. The first-order chi connectivity index (χ1) is 10.3. The first kappa shape index (κ1) is 15.1. The number of hydrogen-bond acceptors (Lipinski definition) is 4. The third-order valence-corrected chi connectivity index (χ3v) is 5.11. The Hall–Kier alpha value is -0.780. The zero-order valence-corrected chi connectivity index (χ0v) is 14.0. The first-order valence-corrected chi connectivity index (χ1v) is 9.15. The summed E-state index contributed by atoms with van der Waals surface area (Å²) in [4.78, 5) is 11.8. The van der Waals surface area contributed by atoms with Gasteiger partial charge in [-0.05, 0) is 18.6 Å². The molecule has 1 fully saturated rings. The summed E-state index contributed by atoms with van der Waals surface area (Å²) >= 11 is 7.98. The minimum atomic E-state index is 0.600. The van der Waals surface area contributed by atoms with Crippen LogP contribution in [-0.2, 0) is 13.0 Å². The van der Waals surface area contributed by atoms with E-state index in [9.17, 15) is 0 Å². The van der Waals surface area contributed by atoms with Crippen molar-refractivity contribution >= 4 is 34.5 Å². The molecule has 0 radical (unpaired) electrons. The lowest BCUT2D eigenvalue weighted by Crippen LogP contribution is -2.35. The number of pyridine rings is 1. The molecular weight excluding hydrogens is 304 g/mol. The van der Waals surface area contributed by atoms with E-state index < -0.39 is 0 Å². The van der Waals surface area contributed by atoms with Crippen LogP contribution in [-0.4, -0.2) is 56.5 Å². The average Bonchev–Trinajstić information content (AvgIpc) is 2.86. The molecule has 0 atom stereocenters. The summed E-state index contributed by atoms with van der Waals surface area (Å²) in [5.74, 6) is 4.16. The molecule has 2 aromatic rings. The molecule has 114 valence electrons. The topological polar surface area (TPSA) is 34.0 Å². The van der Waals surface area contributed by atoms with Gasteiger partial charge in [0.1, 0.15) is 11.3 Å². The van der Waals surface area contributed by atoms with Crippen LogP contribution in [0.5, 0.6) is 0 Å². The lowest BCUT2D eigenvalue weighted by Gasteiger charge is -2.26. The van der Waals surface area contributed by atoms with Gasteiger partial charge in [-0.2, -0.15) is 11.8 Å². The van der Waals surface area contributed by atoms with E-state index in [1.54, 1.807) is 0 Å². The van der Waals surface area contributed by atoms with Gasteiger partial charge in [0.2, 0.25) is 0 Å². The van der Waals surface area contributed by atoms with Gasteiger partial charge in [-0.15, -0.1) is 11.6 Å². The highest BCUT2D eigenvalue weighted by molar-refractivity contribution is 7.99. The van der Waals surface area contributed by atoms with Crippen LogP contribution in [0.15, 0.2) is 12.3 Å². The SMILES string of the molecule is Cc1ccnc2c1nc(CCCl)n2CCN1CCSCC1. The van der Waals surface area contributed by atoms with Gasteiger partial charge >= 0.3 is 0 Å². The van der Waals surface area contributed by atoms with Crippen LogP contribution in [0.1, 0.15) is 11.4 Å². The van der Waals surface area contributed by atoms with E-state index in [1.165, 1.54) is 30.2 Å². The average molecular weight is 325 g/mol. The van der Waals surface area contributed by atoms with E-state index in [1.807, 2.05) is 24.0 Å². The van der Waals surface area contributed by atoms with Gasteiger partial charge in [0.05, 0.1) is 0 Å². The number of fused-ring (bicyclic) bond motifs is 1. The van der Waals surface area contributed by atoms with Crippen molar-refractivity contribution in [3.63, 3.8) is 0 Å². The Kier molecular flexibility index (Phi) is 5.03. The number of imidazole rings is 1. The van der Waals surface area contributed by atoms with Crippen LogP contribution in [0.4, 0.5) is 0 Å². The molecule has 3 heterocycles. The molecule has 21 heavy (non-hydrogen) atoms. The molecule has 0 N–H and O–H groups in total. The molecule has 4 nitrogen and oxygen atoms in total. The van der Waals surface area contributed by atoms with Crippen LogP contribution in [0.2, 0.25) is 0 Å². The third-order valence-electron chi connectivity index (χ3n) is 3.98. The third kappa shape index (κ3) is 3.35. The smallest absolute Gasteiger partial charge is 0.160 e. The van der Waals surface area contributed by atoms with E-state index in [-0.39, 0.29) is 0 Å². The van der Waals surface area contributed by atoms with Crippen LogP contribution < -0.4 is 0 Å². The van der Waals surface area contributed by atoms with E-state index in [0.29, 0.717) is 5.88 Å². The Morgan fingerprint density at radius 3 is 2.86 bits per heavy atom. The Balaban J connectivity index is 1.84. The summed E-state index contributed by atoms with van der Waals surface area (Å²) in [6.07, 6.45) is 2.67. The highest BCUT2D eigenvalue weighted by Crippen LogP contribution is 2.18. The highest BCUT2D eigenvalue weighted by Gasteiger charge is 2.15. The fourth-order valence-corrected chi connectivity index (χ4v) is 3.91. The normalized spacial score (nSPS) is 16.7. The molecule has 2 aromatic heterocycles. The predicted octanol–water partition coefficient (Wildman–Crippen LogP) is 2.57. The van der Waals surface area contributed by atoms with Gasteiger partial charge in [0.25, 0.3) is 0 Å². The van der Waals surface area contributed by atoms with Gasteiger partial charge < -0.3 is 4.57 Å². The number of aromatic nitrogens is 3. The predicted molar refractivity (Wildman–Crippen MR) is 90.5 cm³/mol. The maximum absolute atomic E-state index is 5.94. The van der Waals surface area contributed by atoms with Crippen molar-refractivity contribution in [1.82, 2.24) is 19.4 Å². The Morgan fingerprint density at radius 2 is 2.10 bits per heavy atom. The van der Waals surface area contributed by atoms with Crippen molar-refractivity contribution < 1.29 is 0 Å². The lowest BCUT2D eigenvalue weighted by atomic mass is 10.3. The van der Waals surface area contributed by atoms with Gasteiger partial charge in [-0.1, -0.05) is 0 Å². The standard InChI is InChI=1S/C15H21ClN4S/c1-12-3-5-17-15-14(12)18-13(2-4-16)20(15)7-6-19-8-10-21-11-9-19/h3,5H,2,4,6-11H2,1H3. The summed E-state index contributed by atoms with van der Waals surface area (Å²) in [6, 6.07) is 2.02. The molecule has 3 rings (SSSR count). The Labute approximate surface area is 134 Å². The molecule has 0 aliphatic carbocycles. The van der Waals surface area contributed by atoms with Crippen LogP contribution >= 0.6 is 23.4 Å². The van der Waals surface area contributed by atoms with Crippen molar-refractivity contribution in [1.29, 1.82) is 0 Å². The summed E-state index contributed by atoms with van der Waals surface area (Å²) in [6.45, 7) is 6.48. The summed E-state index contributed by atoms with van der Waals surface area (Å²) < 4.78 is 2.26. The zero-order valence-electron chi connectivity index (χ0n) is 12.4. The Bertz CT molecular complexity index is 607. The van der Waals surface area contributed by atoms with E-state index in [2.05, 4.69) is 21.4 Å². The highest BCUT2D eigenvalue weighted by atomic mass is 35.5. The number of thioether (sulfide) groups is 1. The fourth-order valence-electron chi connectivity index (χ4n) is 2.76. The van der Waals surface area contributed by atoms with Crippen molar-refractivity contribution in [3.05, 3.63) is 23.7 Å². The van der Waals surface area contributed by atoms with Crippen LogP contribution in [0.3, 0.4) is 0 Å². The maximum atomic E-state index is 5.94. The van der Waals surface area contributed by atoms with E-state index >= 15 is 0 Å². The van der Waals surface area contributed by atoms with E-state index in [4.69, 9.17) is 16.6 Å². The molecule has 0 saturated carbocycles. The lowest BCUT2D eigenvalue weighted by molar-refractivity contribution is 0.289. The molecule has 0 spiro atoms. The minimum Gasteiger partial charge on any atom is -0.311 e. The van der Waals surface area contributed by atoms with Crippen LogP contribution in [0, 0.1) is 6.92 Å². The van der Waals surface area contributed by atoms with Gasteiger partial charge in [-0.25, -0.2) is 9.97 Å². The van der Waals surface area contributed by atoms with Crippen molar-refractivity contribution in [3.8, 4) is 0 Å². The number of rotatable bonds is 5. The first-order valence-electron chi connectivity index (χ1n) is 7.46. The number of nitrogens with zero attached hydrogens (tertiary/aromatic N) is 4. The monoisotopic (exact) mass is 324 g/mol. The molecule has 0 unspecified atom stereocenters. The molecule has 0 amide bonds. The molecule has 1 saturated heterocycles. The second-order valence-corrected chi connectivity index (χ2v) is 6.98. The summed E-state index contributed by atoms with van der Waals surface area (Å²) in [5, 5.41) is 0. The van der Waals surface area contributed by atoms with Gasteiger partial charge in [0, 0.05) is 56.2 Å². The number of aryl methyl sites for hydroxylation is 2. The molecule has 6 heteroatoms. The molecular formula is C15H21ClN4S. The van der Waals surface area contributed by atoms with Crippen molar-refractivity contribution in [2.45, 2.75) is 19.9 Å². The Morgan fingerprint density at radius 1 is 1.29 bits per heavy atom. The number of hydrogen-bond donors (Lipinski definition) is 0.